The Hall–Kier alpha value is -2.04. The normalized spacial score (nSPS) is 32.3. The minimum absolute atomic E-state index is 0.102. The summed E-state index contributed by atoms with van der Waals surface area (Å²) in [6.45, 7) is 2.20. The second-order valence-electron chi connectivity index (χ2n) is 8.20. The van der Waals surface area contributed by atoms with Gasteiger partial charge in [0.05, 0.1) is 19.9 Å². The molecule has 4 atom stereocenters. The van der Waals surface area contributed by atoms with Gasteiger partial charge in [-0.3, -0.25) is 10.1 Å². The molecular formula is C21H27NO4. The van der Waals surface area contributed by atoms with E-state index in [4.69, 9.17) is 9.47 Å². The third-order valence-electron chi connectivity index (χ3n) is 7.18. The predicted molar refractivity (Wildman–Crippen MR) is 98.6 cm³/mol. The van der Waals surface area contributed by atoms with Gasteiger partial charge in [-0.1, -0.05) is 6.92 Å². The predicted octanol–water partition coefficient (Wildman–Crippen LogP) is 4.30. The maximum absolute atomic E-state index is 12.5. The first kappa shape index (κ1) is 17.4. The van der Waals surface area contributed by atoms with Gasteiger partial charge in [0.1, 0.15) is 11.5 Å². The number of carbonyl (C=O) groups excluding carboxylic acids is 2. The minimum Gasteiger partial charge on any atom is -0.495 e. The van der Waals surface area contributed by atoms with Gasteiger partial charge >= 0.3 is 6.09 Å². The fourth-order valence-corrected chi connectivity index (χ4v) is 5.80. The molecule has 1 amide bonds. The number of nitrogens with one attached hydrogen (secondary N) is 1. The quantitative estimate of drug-likeness (QED) is 0.857. The maximum atomic E-state index is 12.5. The molecule has 1 N–H and O–H groups in total. The molecule has 0 aromatic heterocycles. The number of aryl methyl sites for hydroxylation is 1. The van der Waals surface area contributed by atoms with Crippen molar-refractivity contribution in [1.29, 1.82) is 0 Å². The summed E-state index contributed by atoms with van der Waals surface area (Å²) in [4.78, 5) is 24.1. The summed E-state index contributed by atoms with van der Waals surface area (Å²) >= 11 is 0. The van der Waals surface area contributed by atoms with Crippen LogP contribution in [0.3, 0.4) is 0 Å². The van der Waals surface area contributed by atoms with Gasteiger partial charge in [0.2, 0.25) is 0 Å². The van der Waals surface area contributed by atoms with Crippen LogP contribution in [0.1, 0.15) is 56.1 Å². The van der Waals surface area contributed by atoms with E-state index in [1.165, 1.54) is 18.2 Å². The van der Waals surface area contributed by atoms with Crippen LogP contribution in [0, 0.1) is 17.3 Å². The van der Waals surface area contributed by atoms with E-state index in [0.29, 0.717) is 35.0 Å². The molecule has 0 saturated heterocycles. The second-order valence-corrected chi connectivity index (χ2v) is 8.20. The molecular weight excluding hydrogens is 330 g/mol. The first-order chi connectivity index (χ1) is 12.5. The number of anilines is 1. The monoisotopic (exact) mass is 357 g/mol. The van der Waals surface area contributed by atoms with Gasteiger partial charge in [-0.25, -0.2) is 4.79 Å². The van der Waals surface area contributed by atoms with Crippen molar-refractivity contribution in [2.75, 3.05) is 19.5 Å². The number of fused-ring (bicyclic) bond motifs is 5. The van der Waals surface area contributed by atoms with Crippen LogP contribution in [0.2, 0.25) is 0 Å². The fraction of sp³-hybridized carbons (Fsp3) is 0.619. The summed E-state index contributed by atoms with van der Waals surface area (Å²) in [7, 11) is 2.98. The van der Waals surface area contributed by atoms with Gasteiger partial charge < -0.3 is 9.47 Å². The zero-order valence-electron chi connectivity index (χ0n) is 15.8. The molecule has 3 aliphatic rings. The number of hydrogen-bond donors (Lipinski definition) is 1. The highest BCUT2D eigenvalue weighted by Gasteiger charge is 2.54. The van der Waals surface area contributed by atoms with Crippen molar-refractivity contribution in [2.45, 2.75) is 51.4 Å². The van der Waals surface area contributed by atoms with Crippen molar-refractivity contribution in [3.63, 3.8) is 0 Å². The standard InChI is InChI=1S/C21H27NO4/c1-21-9-8-13-14(16(21)6-7-19(21)23)5-4-12-10-17(22-20(24)26-3)18(25-2)11-15(12)13/h10-11,13-14,16H,4-9H2,1-3H3,(H,22,24)/t13-,14+,16-,21-/m0/s1. The van der Waals surface area contributed by atoms with E-state index in [9.17, 15) is 9.59 Å². The van der Waals surface area contributed by atoms with Gasteiger partial charge in [0, 0.05) is 11.8 Å². The number of methoxy groups -OCH3 is 2. The van der Waals surface area contributed by atoms with Crippen LogP contribution in [-0.4, -0.2) is 26.1 Å². The van der Waals surface area contributed by atoms with E-state index in [1.807, 2.05) is 6.07 Å². The lowest BCUT2D eigenvalue weighted by atomic mass is 9.55. The summed E-state index contributed by atoms with van der Waals surface area (Å²) in [5, 5.41) is 2.75. The average molecular weight is 357 g/mol. The molecule has 26 heavy (non-hydrogen) atoms. The molecule has 0 aliphatic heterocycles. The summed E-state index contributed by atoms with van der Waals surface area (Å²) < 4.78 is 10.3. The van der Waals surface area contributed by atoms with Gasteiger partial charge in [-0.2, -0.15) is 0 Å². The van der Waals surface area contributed by atoms with Crippen LogP contribution < -0.4 is 10.1 Å². The number of hydrogen-bond acceptors (Lipinski definition) is 4. The maximum Gasteiger partial charge on any atom is 0.411 e. The van der Waals surface area contributed by atoms with Crippen molar-refractivity contribution >= 4 is 17.6 Å². The highest BCUT2D eigenvalue weighted by atomic mass is 16.5. The second kappa shape index (κ2) is 6.29. The van der Waals surface area contributed by atoms with Crippen molar-refractivity contribution in [2.24, 2.45) is 17.3 Å². The molecule has 5 nitrogen and oxygen atoms in total. The van der Waals surface area contributed by atoms with Gasteiger partial charge in [0.25, 0.3) is 0 Å². The van der Waals surface area contributed by atoms with E-state index in [-0.39, 0.29) is 5.41 Å². The molecule has 0 radical (unpaired) electrons. The number of rotatable bonds is 2. The summed E-state index contributed by atoms with van der Waals surface area (Å²) in [5.41, 5.74) is 3.18. The Morgan fingerprint density at radius 2 is 2.00 bits per heavy atom. The van der Waals surface area contributed by atoms with E-state index >= 15 is 0 Å². The molecule has 0 unspecified atom stereocenters. The van der Waals surface area contributed by atoms with Crippen LogP contribution in [-0.2, 0) is 16.0 Å². The highest BCUT2D eigenvalue weighted by molar-refractivity contribution is 5.88. The molecule has 0 heterocycles. The third kappa shape index (κ3) is 2.51. The number of benzene rings is 1. The molecule has 0 bridgehead atoms. The van der Waals surface area contributed by atoms with Gasteiger partial charge in [-0.05, 0) is 73.1 Å². The van der Waals surface area contributed by atoms with E-state index in [1.54, 1.807) is 7.11 Å². The first-order valence-electron chi connectivity index (χ1n) is 9.57. The molecule has 2 saturated carbocycles. The minimum atomic E-state index is -0.491. The molecule has 5 heteroatoms. The average Bonchev–Trinajstić information content (AvgIpc) is 2.95. The lowest BCUT2D eigenvalue weighted by Crippen LogP contribution is -2.42. The Balaban J connectivity index is 1.68. The van der Waals surface area contributed by atoms with Crippen molar-refractivity contribution in [3.8, 4) is 5.75 Å². The molecule has 2 fully saturated rings. The topological polar surface area (TPSA) is 64.6 Å². The lowest BCUT2D eigenvalue weighted by molar-refractivity contribution is -0.129. The molecule has 4 rings (SSSR count). The number of ketones is 1. The smallest absolute Gasteiger partial charge is 0.411 e. The number of carbonyl (C=O) groups is 2. The summed E-state index contributed by atoms with van der Waals surface area (Å²) in [6, 6.07) is 4.13. The highest BCUT2D eigenvalue weighted by Crippen LogP contribution is 2.60. The Morgan fingerprint density at radius 1 is 1.19 bits per heavy atom. The fourth-order valence-electron chi connectivity index (χ4n) is 5.80. The van der Waals surface area contributed by atoms with Crippen LogP contribution in [0.4, 0.5) is 10.5 Å². The Labute approximate surface area is 154 Å². The molecule has 1 aromatic carbocycles. The van der Waals surface area contributed by atoms with Crippen LogP contribution in [0.5, 0.6) is 5.75 Å². The Morgan fingerprint density at radius 3 is 2.73 bits per heavy atom. The number of ether oxygens (including phenoxy) is 2. The number of amides is 1. The van der Waals surface area contributed by atoms with E-state index in [2.05, 4.69) is 18.3 Å². The summed E-state index contributed by atoms with van der Waals surface area (Å²) in [5.74, 6) is 2.73. The zero-order chi connectivity index (χ0) is 18.5. The zero-order valence-corrected chi connectivity index (χ0v) is 15.8. The Kier molecular flexibility index (Phi) is 4.20. The van der Waals surface area contributed by atoms with E-state index < -0.39 is 6.09 Å². The SMILES string of the molecule is COC(=O)Nc1cc2c(cc1OC)[C@H]1CC[C@]3(C)C(=O)CC[C@H]3[C@@H]1CC2. The van der Waals surface area contributed by atoms with Crippen LogP contribution >= 0.6 is 0 Å². The van der Waals surface area contributed by atoms with Crippen LogP contribution in [0.25, 0.3) is 0 Å². The first-order valence-corrected chi connectivity index (χ1v) is 9.57. The molecule has 1 aromatic rings. The molecule has 3 aliphatic carbocycles. The van der Waals surface area contributed by atoms with Gasteiger partial charge in [-0.15, -0.1) is 0 Å². The lowest BCUT2D eigenvalue weighted by Gasteiger charge is -2.48. The summed E-state index contributed by atoms with van der Waals surface area (Å²) in [6.07, 6.45) is 5.46. The number of Topliss-reactive ketones (excluding diaryl/α,β-unsaturated/α-hetero) is 1. The molecule has 140 valence electrons. The van der Waals surface area contributed by atoms with Crippen LogP contribution in [0.15, 0.2) is 12.1 Å². The Bertz CT molecular complexity index is 759. The van der Waals surface area contributed by atoms with E-state index in [0.717, 1.165) is 38.5 Å². The van der Waals surface area contributed by atoms with Gasteiger partial charge in [0.15, 0.2) is 0 Å². The van der Waals surface area contributed by atoms with Crippen molar-refractivity contribution < 1.29 is 19.1 Å². The largest absolute Gasteiger partial charge is 0.495 e. The molecule has 0 spiro atoms. The van der Waals surface area contributed by atoms with Crippen molar-refractivity contribution in [3.05, 3.63) is 23.3 Å². The third-order valence-corrected chi connectivity index (χ3v) is 7.18. The van der Waals surface area contributed by atoms with Crippen molar-refractivity contribution in [1.82, 2.24) is 0 Å².